The fraction of sp³-hybridized carbons (Fsp3) is 0.118. The van der Waals surface area contributed by atoms with Crippen LogP contribution in [0.4, 0.5) is 5.69 Å². The lowest BCUT2D eigenvalue weighted by Gasteiger charge is -2.07. The number of benzene rings is 1. The molecule has 2 N–H and O–H groups in total. The van der Waals surface area contributed by atoms with Gasteiger partial charge in [-0.15, -0.1) is 0 Å². The third-order valence-electron chi connectivity index (χ3n) is 3.31. The molecular formula is C17H15N3O3. The minimum absolute atomic E-state index is 0.0795. The maximum Gasteiger partial charge on any atom is 0.230 e. The highest BCUT2D eigenvalue weighted by molar-refractivity contribution is 5.92. The normalized spacial score (nSPS) is 10.5. The van der Waals surface area contributed by atoms with E-state index >= 15 is 0 Å². The van der Waals surface area contributed by atoms with E-state index in [2.05, 4.69) is 15.5 Å². The van der Waals surface area contributed by atoms with Gasteiger partial charge in [-0.1, -0.05) is 35.5 Å². The molecule has 0 aliphatic heterocycles. The molecule has 2 aromatic heterocycles. The smallest absolute Gasteiger partial charge is 0.230 e. The number of hydrogen-bond donors (Lipinski definition) is 2. The highest BCUT2D eigenvalue weighted by atomic mass is 16.5. The summed E-state index contributed by atoms with van der Waals surface area (Å²) in [6.45, 7) is -0.166. The van der Waals surface area contributed by atoms with Crippen LogP contribution in [-0.4, -0.2) is 21.2 Å². The summed E-state index contributed by atoms with van der Waals surface area (Å²) in [6, 6.07) is 12.9. The molecular weight excluding hydrogens is 294 g/mol. The molecule has 3 aromatic rings. The van der Waals surface area contributed by atoms with Crippen LogP contribution in [0.3, 0.4) is 0 Å². The Morgan fingerprint density at radius 2 is 2.04 bits per heavy atom. The summed E-state index contributed by atoms with van der Waals surface area (Å²) in [7, 11) is 0. The molecule has 23 heavy (non-hydrogen) atoms. The second-order valence-electron chi connectivity index (χ2n) is 4.96. The molecule has 6 heteroatoms. The maximum absolute atomic E-state index is 12.1. The predicted octanol–water partition coefficient (Wildman–Crippen LogP) is 2.41. The number of hydrogen-bond acceptors (Lipinski definition) is 5. The molecule has 1 amide bonds. The number of rotatable bonds is 5. The number of pyridine rings is 1. The zero-order valence-corrected chi connectivity index (χ0v) is 12.3. The van der Waals surface area contributed by atoms with Crippen LogP contribution in [0.25, 0.3) is 11.3 Å². The molecule has 0 atom stereocenters. The Balaban J connectivity index is 1.68. The van der Waals surface area contributed by atoms with Crippen LogP contribution in [0.2, 0.25) is 0 Å². The van der Waals surface area contributed by atoms with Crippen molar-refractivity contribution in [3.63, 3.8) is 0 Å². The molecule has 6 nitrogen and oxygen atoms in total. The van der Waals surface area contributed by atoms with E-state index in [1.54, 1.807) is 18.3 Å². The summed E-state index contributed by atoms with van der Waals surface area (Å²) >= 11 is 0. The lowest BCUT2D eigenvalue weighted by Crippen LogP contribution is -2.16. The number of nitrogens with one attached hydrogen (secondary N) is 1. The number of carbonyl (C=O) groups excluding carboxylic acids is 1. The van der Waals surface area contributed by atoms with Gasteiger partial charge in [-0.05, 0) is 6.07 Å². The molecule has 0 saturated heterocycles. The van der Waals surface area contributed by atoms with E-state index in [4.69, 9.17) is 4.52 Å². The number of aliphatic hydroxyl groups is 1. The lowest BCUT2D eigenvalue weighted by molar-refractivity contribution is -0.115. The Bertz CT molecular complexity index is 800. The van der Waals surface area contributed by atoms with E-state index in [-0.39, 0.29) is 18.9 Å². The summed E-state index contributed by atoms with van der Waals surface area (Å²) in [6.07, 6.45) is 3.14. The van der Waals surface area contributed by atoms with Gasteiger partial charge in [-0.3, -0.25) is 9.78 Å². The van der Waals surface area contributed by atoms with Gasteiger partial charge >= 0.3 is 0 Å². The van der Waals surface area contributed by atoms with Crippen molar-refractivity contribution >= 4 is 11.6 Å². The fourth-order valence-electron chi connectivity index (χ4n) is 2.17. The number of anilines is 1. The minimum atomic E-state index is -0.249. The average molecular weight is 309 g/mol. The SMILES string of the molecule is O=C(Cc1cc(-c2ccccc2)on1)Nc1cnccc1CO. The van der Waals surface area contributed by atoms with E-state index in [9.17, 15) is 9.90 Å². The zero-order valence-electron chi connectivity index (χ0n) is 12.3. The molecule has 0 unspecified atom stereocenters. The molecule has 3 rings (SSSR count). The Labute approximate surface area is 132 Å². The molecule has 0 radical (unpaired) electrons. The van der Waals surface area contributed by atoms with E-state index in [0.717, 1.165) is 5.56 Å². The third-order valence-corrected chi connectivity index (χ3v) is 3.31. The number of aromatic nitrogens is 2. The van der Waals surface area contributed by atoms with Crippen LogP contribution in [0, 0.1) is 0 Å². The first-order valence-electron chi connectivity index (χ1n) is 7.11. The van der Waals surface area contributed by atoms with Gasteiger partial charge in [0.25, 0.3) is 0 Å². The molecule has 0 spiro atoms. The molecule has 0 aliphatic rings. The third kappa shape index (κ3) is 3.61. The predicted molar refractivity (Wildman–Crippen MR) is 84.4 cm³/mol. The van der Waals surface area contributed by atoms with Crippen LogP contribution < -0.4 is 5.32 Å². The molecule has 0 saturated carbocycles. The summed E-state index contributed by atoms with van der Waals surface area (Å²) in [4.78, 5) is 16.0. The molecule has 1 aromatic carbocycles. The second-order valence-corrected chi connectivity index (χ2v) is 4.96. The van der Waals surface area contributed by atoms with Gasteiger partial charge in [0, 0.05) is 23.4 Å². The van der Waals surface area contributed by atoms with Gasteiger partial charge in [0.2, 0.25) is 5.91 Å². The molecule has 116 valence electrons. The van der Waals surface area contributed by atoms with Crippen molar-refractivity contribution in [1.29, 1.82) is 0 Å². The summed E-state index contributed by atoms with van der Waals surface area (Å²) in [5.74, 6) is 0.367. The van der Waals surface area contributed by atoms with Crippen molar-refractivity contribution in [2.45, 2.75) is 13.0 Å². The van der Waals surface area contributed by atoms with Crippen molar-refractivity contribution in [1.82, 2.24) is 10.1 Å². The number of carbonyl (C=O) groups is 1. The van der Waals surface area contributed by atoms with Gasteiger partial charge in [0.15, 0.2) is 5.76 Å². The molecule has 0 aliphatic carbocycles. The van der Waals surface area contributed by atoms with Crippen LogP contribution >= 0.6 is 0 Å². The number of aliphatic hydroxyl groups excluding tert-OH is 1. The molecule has 0 bridgehead atoms. The summed E-state index contributed by atoms with van der Waals surface area (Å²) < 4.78 is 5.26. The van der Waals surface area contributed by atoms with Crippen molar-refractivity contribution in [3.05, 3.63) is 66.1 Å². The first-order valence-corrected chi connectivity index (χ1v) is 7.11. The van der Waals surface area contributed by atoms with Gasteiger partial charge in [-0.2, -0.15) is 0 Å². The van der Waals surface area contributed by atoms with E-state index in [0.29, 0.717) is 22.7 Å². The van der Waals surface area contributed by atoms with Gasteiger partial charge in [0.05, 0.1) is 30.6 Å². The quantitative estimate of drug-likeness (QED) is 0.755. The van der Waals surface area contributed by atoms with Crippen LogP contribution in [0.5, 0.6) is 0 Å². The zero-order chi connectivity index (χ0) is 16.1. The first kappa shape index (κ1) is 14.9. The van der Waals surface area contributed by atoms with Crippen LogP contribution in [0.15, 0.2) is 59.4 Å². The van der Waals surface area contributed by atoms with Gasteiger partial charge < -0.3 is 14.9 Å². The van der Waals surface area contributed by atoms with Crippen molar-refractivity contribution in [2.75, 3.05) is 5.32 Å². The Morgan fingerprint density at radius 3 is 2.83 bits per heavy atom. The minimum Gasteiger partial charge on any atom is -0.392 e. The highest BCUT2D eigenvalue weighted by Crippen LogP contribution is 2.20. The fourth-order valence-corrected chi connectivity index (χ4v) is 2.17. The first-order chi connectivity index (χ1) is 11.3. The van der Waals surface area contributed by atoms with Crippen LogP contribution in [0.1, 0.15) is 11.3 Å². The summed E-state index contributed by atoms with van der Waals surface area (Å²) in [5.41, 5.74) is 2.54. The Kier molecular flexibility index (Phi) is 4.44. The van der Waals surface area contributed by atoms with Crippen molar-refractivity contribution < 1.29 is 14.4 Å². The summed E-state index contributed by atoms with van der Waals surface area (Å²) in [5, 5.41) is 15.9. The number of amides is 1. The van der Waals surface area contributed by atoms with E-state index in [1.807, 2.05) is 30.3 Å². The van der Waals surface area contributed by atoms with Crippen molar-refractivity contribution in [2.24, 2.45) is 0 Å². The molecule has 2 heterocycles. The monoisotopic (exact) mass is 309 g/mol. The molecule has 0 fully saturated rings. The lowest BCUT2D eigenvalue weighted by atomic mass is 10.1. The van der Waals surface area contributed by atoms with Gasteiger partial charge in [0.1, 0.15) is 0 Å². The van der Waals surface area contributed by atoms with E-state index in [1.165, 1.54) is 6.20 Å². The Morgan fingerprint density at radius 1 is 1.22 bits per heavy atom. The largest absolute Gasteiger partial charge is 0.392 e. The van der Waals surface area contributed by atoms with Crippen molar-refractivity contribution in [3.8, 4) is 11.3 Å². The van der Waals surface area contributed by atoms with Crippen LogP contribution in [-0.2, 0) is 17.8 Å². The number of nitrogens with zero attached hydrogens (tertiary/aromatic N) is 2. The standard InChI is InChI=1S/C17H15N3O3/c21-11-13-6-7-18-10-15(13)19-17(22)9-14-8-16(23-20-14)12-4-2-1-3-5-12/h1-8,10,21H,9,11H2,(H,19,22). The topological polar surface area (TPSA) is 88.3 Å². The Hall–Kier alpha value is -2.99. The van der Waals surface area contributed by atoms with Gasteiger partial charge in [-0.25, -0.2) is 0 Å². The highest BCUT2D eigenvalue weighted by Gasteiger charge is 2.12. The van der Waals surface area contributed by atoms with E-state index < -0.39 is 0 Å². The maximum atomic E-state index is 12.1. The average Bonchev–Trinajstić information content (AvgIpc) is 3.04. The second kappa shape index (κ2) is 6.85.